The van der Waals surface area contributed by atoms with E-state index in [1.807, 2.05) is 19.1 Å². The highest BCUT2D eigenvalue weighted by molar-refractivity contribution is 6.31. The summed E-state index contributed by atoms with van der Waals surface area (Å²) in [6.07, 6.45) is 4.43. The summed E-state index contributed by atoms with van der Waals surface area (Å²) in [7, 11) is 0. The summed E-state index contributed by atoms with van der Waals surface area (Å²) >= 11 is 6.28. The smallest absolute Gasteiger partial charge is 0.339 e. The van der Waals surface area contributed by atoms with Crippen LogP contribution >= 0.6 is 11.6 Å². The standard InChI is InChI=1S/C37H29ClN2O5/c1-18-3-5-21(6-4-18)34(41)19(2)45-37(44)29-17-31(39-30-14-9-22(38)15-28(29)30)20-7-10-23(11-8-20)40-35(42)32-24-12-13-25(27-16-26(24)27)33(32)36(40)43/h3-15,17,19,24-27,32-33H,16H2,1-2H3. The molecule has 2 bridgehead atoms. The molecule has 7 nitrogen and oxygen atoms in total. The number of benzene rings is 3. The van der Waals surface area contributed by atoms with Crippen LogP contribution in [0.2, 0.25) is 5.02 Å². The Morgan fingerprint density at radius 2 is 1.53 bits per heavy atom. The second kappa shape index (κ2) is 10.2. The number of ketones is 1. The van der Waals surface area contributed by atoms with Crippen molar-refractivity contribution in [2.24, 2.45) is 35.5 Å². The molecular weight excluding hydrogens is 588 g/mol. The number of Topliss-reactive ketones (excluding diaryl/α,β-unsaturated/α-hetero) is 1. The highest BCUT2D eigenvalue weighted by Crippen LogP contribution is 2.65. The number of nitrogens with zero attached hydrogens (tertiary/aromatic N) is 2. The predicted molar refractivity (Wildman–Crippen MR) is 170 cm³/mol. The number of ether oxygens (including phenoxy) is 1. The molecule has 4 aromatic rings. The number of amides is 2. The number of esters is 1. The first kappa shape index (κ1) is 27.9. The molecule has 0 N–H and O–H groups in total. The molecular formula is C37H29ClN2O5. The summed E-state index contributed by atoms with van der Waals surface area (Å²) in [5.41, 5.74) is 3.95. The second-order valence-electron chi connectivity index (χ2n) is 12.7. The third-order valence-electron chi connectivity index (χ3n) is 10.1. The van der Waals surface area contributed by atoms with Crippen LogP contribution in [0, 0.1) is 42.4 Å². The van der Waals surface area contributed by atoms with Crippen molar-refractivity contribution in [2.75, 3.05) is 4.90 Å². The van der Waals surface area contributed by atoms with E-state index in [0.29, 0.717) is 50.3 Å². The molecule has 1 aromatic heterocycles. The minimum Gasteiger partial charge on any atom is -0.451 e. The van der Waals surface area contributed by atoms with Crippen molar-refractivity contribution in [1.29, 1.82) is 0 Å². The lowest BCUT2D eigenvalue weighted by molar-refractivity contribution is -0.124. The predicted octanol–water partition coefficient (Wildman–Crippen LogP) is 6.85. The van der Waals surface area contributed by atoms with Crippen LogP contribution in [-0.4, -0.2) is 34.7 Å². The Kier molecular flexibility index (Phi) is 6.33. The lowest BCUT2D eigenvalue weighted by Gasteiger charge is -2.37. The van der Waals surface area contributed by atoms with Crippen LogP contribution in [0.4, 0.5) is 5.69 Å². The summed E-state index contributed by atoms with van der Waals surface area (Å²) in [5, 5.41) is 0.931. The van der Waals surface area contributed by atoms with Crippen molar-refractivity contribution in [3.8, 4) is 11.3 Å². The van der Waals surface area contributed by atoms with Gasteiger partial charge < -0.3 is 4.74 Å². The Bertz CT molecular complexity index is 1930. The van der Waals surface area contributed by atoms with Crippen molar-refractivity contribution in [2.45, 2.75) is 26.4 Å². The van der Waals surface area contributed by atoms with E-state index in [-0.39, 0.29) is 46.8 Å². The van der Waals surface area contributed by atoms with Gasteiger partial charge in [0.25, 0.3) is 0 Å². The van der Waals surface area contributed by atoms with E-state index < -0.39 is 12.1 Å². The zero-order chi connectivity index (χ0) is 31.1. The second-order valence-corrected chi connectivity index (χ2v) is 13.1. The van der Waals surface area contributed by atoms with Gasteiger partial charge in [-0.1, -0.05) is 65.7 Å². The number of hydrogen-bond acceptors (Lipinski definition) is 6. The molecule has 7 unspecified atom stereocenters. The van der Waals surface area contributed by atoms with Gasteiger partial charge in [0.15, 0.2) is 6.10 Å². The Hall–Kier alpha value is -4.62. The van der Waals surface area contributed by atoms with Crippen molar-refractivity contribution < 1.29 is 23.9 Å². The Morgan fingerprint density at radius 3 is 2.18 bits per heavy atom. The van der Waals surface area contributed by atoms with Crippen molar-refractivity contribution >= 4 is 51.8 Å². The number of imide groups is 1. The van der Waals surface area contributed by atoms with Gasteiger partial charge in [-0.2, -0.15) is 0 Å². The molecule has 45 heavy (non-hydrogen) atoms. The van der Waals surface area contributed by atoms with E-state index in [0.717, 1.165) is 12.0 Å². The Morgan fingerprint density at radius 1 is 0.889 bits per heavy atom. The van der Waals surface area contributed by atoms with E-state index >= 15 is 0 Å². The molecule has 4 aliphatic carbocycles. The van der Waals surface area contributed by atoms with Gasteiger partial charge in [-0.15, -0.1) is 0 Å². The molecule has 224 valence electrons. The summed E-state index contributed by atoms with van der Waals surface area (Å²) in [4.78, 5) is 59.8. The van der Waals surface area contributed by atoms with E-state index in [4.69, 9.17) is 21.3 Å². The third-order valence-corrected chi connectivity index (χ3v) is 10.3. The number of allylic oxidation sites excluding steroid dienone is 2. The quantitative estimate of drug-likeness (QED) is 0.102. The summed E-state index contributed by atoms with van der Waals surface area (Å²) in [6, 6.07) is 20.9. The maximum Gasteiger partial charge on any atom is 0.339 e. The lowest BCUT2D eigenvalue weighted by atomic mass is 9.63. The van der Waals surface area contributed by atoms with Gasteiger partial charge in [-0.25, -0.2) is 9.78 Å². The molecule has 3 aromatic carbocycles. The van der Waals surface area contributed by atoms with Crippen LogP contribution in [0.1, 0.15) is 39.6 Å². The molecule has 5 aliphatic rings. The number of pyridine rings is 1. The van der Waals surface area contributed by atoms with Crippen LogP contribution in [0.15, 0.2) is 84.9 Å². The first-order valence-electron chi connectivity index (χ1n) is 15.3. The van der Waals surface area contributed by atoms with Gasteiger partial charge in [0, 0.05) is 21.5 Å². The number of aryl methyl sites for hydroxylation is 1. The first-order valence-corrected chi connectivity index (χ1v) is 15.7. The molecule has 9 rings (SSSR count). The average molecular weight is 617 g/mol. The number of anilines is 1. The van der Waals surface area contributed by atoms with E-state index in [2.05, 4.69) is 12.2 Å². The molecule has 2 heterocycles. The number of halogens is 1. The van der Waals surface area contributed by atoms with E-state index in [9.17, 15) is 19.2 Å². The number of fused-ring (bicyclic) bond motifs is 1. The van der Waals surface area contributed by atoms with Gasteiger partial charge in [0.1, 0.15) is 0 Å². The zero-order valence-electron chi connectivity index (χ0n) is 24.6. The fraction of sp³-hybridized carbons (Fsp3) is 0.270. The highest BCUT2D eigenvalue weighted by atomic mass is 35.5. The monoisotopic (exact) mass is 616 g/mol. The number of carbonyl (C=O) groups is 4. The molecule has 0 spiro atoms. The third kappa shape index (κ3) is 4.44. The molecule has 2 saturated carbocycles. The molecule has 2 amide bonds. The van der Waals surface area contributed by atoms with Crippen LogP contribution in [0.5, 0.6) is 0 Å². The van der Waals surface area contributed by atoms with Crippen LogP contribution < -0.4 is 4.90 Å². The van der Waals surface area contributed by atoms with Gasteiger partial charge in [-0.3, -0.25) is 19.3 Å². The topological polar surface area (TPSA) is 93.6 Å². The van der Waals surface area contributed by atoms with Crippen LogP contribution in [0.25, 0.3) is 22.2 Å². The number of carbonyl (C=O) groups excluding carboxylic acids is 4. The molecule has 7 atom stereocenters. The Balaban J connectivity index is 1.08. The molecule has 0 radical (unpaired) electrons. The summed E-state index contributed by atoms with van der Waals surface area (Å²) in [6.45, 7) is 3.49. The fourth-order valence-corrected chi connectivity index (χ4v) is 7.91. The van der Waals surface area contributed by atoms with Crippen molar-refractivity contribution in [3.63, 3.8) is 0 Å². The normalized spacial score (nSPS) is 26.5. The largest absolute Gasteiger partial charge is 0.451 e. The van der Waals surface area contributed by atoms with Gasteiger partial charge in [0.2, 0.25) is 17.6 Å². The molecule has 8 heteroatoms. The maximum atomic E-state index is 13.6. The van der Waals surface area contributed by atoms with Crippen LogP contribution in [0.3, 0.4) is 0 Å². The van der Waals surface area contributed by atoms with E-state index in [1.165, 1.54) is 4.90 Å². The number of aromatic nitrogens is 1. The number of hydrogen-bond donors (Lipinski definition) is 0. The number of rotatable bonds is 6. The van der Waals surface area contributed by atoms with Crippen molar-refractivity contribution in [1.82, 2.24) is 4.98 Å². The van der Waals surface area contributed by atoms with Crippen LogP contribution in [-0.2, 0) is 14.3 Å². The SMILES string of the molecule is Cc1ccc(C(=O)C(C)OC(=O)c2cc(-c3ccc(N4C(=O)C5C6C=CC(C7CC67)C5C4=O)cc3)nc3ccc(Cl)cc23)cc1. The minimum atomic E-state index is -1.01. The Labute approximate surface area is 264 Å². The summed E-state index contributed by atoms with van der Waals surface area (Å²) in [5.74, 6) is -0.321. The molecule has 1 aliphatic heterocycles. The van der Waals surface area contributed by atoms with Gasteiger partial charge >= 0.3 is 5.97 Å². The zero-order valence-corrected chi connectivity index (χ0v) is 25.4. The highest BCUT2D eigenvalue weighted by Gasteiger charge is 2.67. The van der Waals surface area contributed by atoms with Crippen molar-refractivity contribution in [3.05, 3.63) is 107 Å². The maximum absolute atomic E-state index is 13.6. The fourth-order valence-electron chi connectivity index (χ4n) is 7.74. The molecule has 1 saturated heterocycles. The lowest BCUT2D eigenvalue weighted by Crippen LogP contribution is -2.40. The minimum absolute atomic E-state index is 0.109. The van der Waals surface area contributed by atoms with Gasteiger partial charge in [0.05, 0.1) is 34.3 Å². The first-order chi connectivity index (χ1) is 21.7. The molecule has 3 fully saturated rings. The average Bonchev–Trinajstić information content (AvgIpc) is 3.83. The summed E-state index contributed by atoms with van der Waals surface area (Å²) < 4.78 is 5.67. The van der Waals surface area contributed by atoms with E-state index in [1.54, 1.807) is 67.6 Å². The van der Waals surface area contributed by atoms with Gasteiger partial charge in [-0.05, 0) is 80.3 Å².